The first-order valence-electron chi connectivity index (χ1n) is 10.1. The van der Waals surface area contributed by atoms with Gasteiger partial charge in [-0.2, -0.15) is 10.2 Å². The Bertz CT molecular complexity index is 1410. The van der Waals surface area contributed by atoms with E-state index >= 15 is 0 Å². The Kier molecular flexibility index (Phi) is 3.69. The molecule has 4 heterocycles. The predicted octanol–water partition coefficient (Wildman–Crippen LogP) is 3.39. The van der Waals surface area contributed by atoms with Gasteiger partial charge in [-0.1, -0.05) is 17.9 Å². The van der Waals surface area contributed by atoms with Gasteiger partial charge in [0, 0.05) is 23.7 Å². The van der Waals surface area contributed by atoms with E-state index < -0.39 is 0 Å². The quantitative estimate of drug-likeness (QED) is 0.463. The van der Waals surface area contributed by atoms with Gasteiger partial charge in [-0.3, -0.25) is 4.40 Å². The molecular formula is C23H17N7. The van der Waals surface area contributed by atoms with E-state index in [1.165, 1.54) is 18.4 Å². The standard InChI is InChI=1S/C23H17N7/c24-13-17-10-11-20-21(26-17)22(27-23-28-25-14-30(20)23)29-12-2-4-18-16(3-1-5-19(18)29)9-8-15-6-7-15/h1,3,5,10-11,14-15H,2,4,6-7,12H2. The monoisotopic (exact) mass is 391 g/mol. The van der Waals surface area contributed by atoms with Crippen molar-refractivity contribution >= 4 is 28.3 Å². The van der Waals surface area contributed by atoms with Crippen molar-refractivity contribution < 1.29 is 0 Å². The SMILES string of the molecule is N#Cc1ccc2c(n1)c(N1CCCc3c(C#CC4CC4)cccc31)nc1nncn12. The van der Waals surface area contributed by atoms with Gasteiger partial charge in [-0.15, -0.1) is 10.2 Å². The van der Waals surface area contributed by atoms with Crippen molar-refractivity contribution in [3.63, 3.8) is 0 Å². The number of pyridine rings is 1. The summed E-state index contributed by atoms with van der Waals surface area (Å²) in [7, 11) is 0. The first kappa shape index (κ1) is 16.9. The fourth-order valence-corrected chi connectivity index (χ4v) is 4.05. The number of hydrogen-bond donors (Lipinski definition) is 0. The molecule has 2 aliphatic rings. The van der Waals surface area contributed by atoms with E-state index in [9.17, 15) is 5.26 Å². The second kappa shape index (κ2) is 6.53. The van der Waals surface area contributed by atoms with Crippen LogP contribution in [0.25, 0.3) is 16.8 Å². The van der Waals surface area contributed by atoms with Crippen molar-refractivity contribution in [2.75, 3.05) is 11.4 Å². The minimum absolute atomic E-state index is 0.360. The van der Waals surface area contributed by atoms with Crippen molar-refractivity contribution in [3.8, 4) is 17.9 Å². The molecule has 4 aromatic rings. The lowest BCUT2D eigenvalue weighted by Crippen LogP contribution is -2.26. The third-order valence-electron chi connectivity index (χ3n) is 5.69. The second-order valence-corrected chi connectivity index (χ2v) is 7.71. The first-order chi connectivity index (χ1) is 14.8. The molecule has 1 saturated carbocycles. The lowest BCUT2D eigenvalue weighted by atomic mass is 9.96. The Labute approximate surface area is 173 Å². The summed E-state index contributed by atoms with van der Waals surface area (Å²) in [5.41, 5.74) is 5.32. The molecule has 7 nitrogen and oxygen atoms in total. The Balaban J connectivity index is 1.57. The summed E-state index contributed by atoms with van der Waals surface area (Å²) in [5, 5.41) is 17.5. The summed E-state index contributed by atoms with van der Waals surface area (Å²) in [6.07, 6.45) is 6.04. The van der Waals surface area contributed by atoms with Crippen LogP contribution in [0.4, 0.5) is 11.5 Å². The molecule has 1 fully saturated rings. The average molecular weight is 391 g/mol. The van der Waals surface area contributed by atoms with Crippen LogP contribution in [0.5, 0.6) is 0 Å². The zero-order chi connectivity index (χ0) is 20.1. The first-order valence-corrected chi connectivity index (χ1v) is 10.1. The molecule has 0 radical (unpaired) electrons. The summed E-state index contributed by atoms with van der Waals surface area (Å²) in [6.45, 7) is 0.817. The number of hydrogen-bond acceptors (Lipinski definition) is 6. The van der Waals surface area contributed by atoms with Crippen LogP contribution in [-0.4, -0.2) is 31.1 Å². The second-order valence-electron chi connectivity index (χ2n) is 7.71. The fraction of sp³-hybridized carbons (Fsp3) is 0.261. The molecule has 3 aromatic heterocycles. The number of nitrogens with zero attached hydrogens (tertiary/aromatic N) is 7. The lowest BCUT2D eigenvalue weighted by Gasteiger charge is -2.31. The van der Waals surface area contributed by atoms with Crippen molar-refractivity contribution in [1.82, 2.24) is 24.6 Å². The Morgan fingerprint density at radius 3 is 2.90 bits per heavy atom. The van der Waals surface area contributed by atoms with Crippen molar-refractivity contribution in [2.24, 2.45) is 5.92 Å². The number of aromatic nitrogens is 5. The van der Waals surface area contributed by atoms with E-state index in [0.29, 0.717) is 28.7 Å². The molecule has 0 saturated heterocycles. The molecule has 0 N–H and O–H groups in total. The highest BCUT2D eigenvalue weighted by Gasteiger charge is 2.25. The Morgan fingerprint density at radius 1 is 1.10 bits per heavy atom. The lowest BCUT2D eigenvalue weighted by molar-refractivity contribution is 0.759. The van der Waals surface area contributed by atoms with Crippen LogP contribution < -0.4 is 4.90 Å². The van der Waals surface area contributed by atoms with E-state index in [-0.39, 0.29) is 0 Å². The number of fused-ring (bicyclic) bond motifs is 4. The highest BCUT2D eigenvalue weighted by Crippen LogP contribution is 2.37. The third kappa shape index (κ3) is 2.67. The molecule has 0 unspecified atom stereocenters. The van der Waals surface area contributed by atoms with Gasteiger partial charge in [0.25, 0.3) is 5.78 Å². The average Bonchev–Trinajstić information content (AvgIpc) is 3.50. The van der Waals surface area contributed by atoms with E-state index in [0.717, 1.165) is 36.2 Å². The zero-order valence-corrected chi connectivity index (χ0v) is 16.2. The normalized spacial score (nSPS) is 15.5. The van der Waals surface area contributed by atoms with Crippen molar-refractivity contribution in [3.05, 3.63) is 53.5 Å². The topological polar surface area (TPSA) is 83.0 Å². The minimum Gasteiger partial charge on any atom is -0.324 e. The minimum atomic E-state index is 0.360. The van der Waals surface area contributed by atoms with Gasteiger partial charge < -0.3 is 4.90 Å². The molecule has 30 heavy (non-hydrogen) atoms. The summed E-state index contributed by atoms with van der Waals surface area (Å²) in [5.74, 6) is 8.58. The highest BCUT2D eigenvalue weighted by atomic mass is 15.3. The summed E-state index contributed by atoms with van der Waals surface area (Å²) in [4.78, 5) is 11.6. The number of benzene rings is 1. The molecular weight excluding hydrogens is 374 g/mol. The largest absolute Gasteiger partial charge is 0.324 e. The van der Waals surface area contributed by atoms with Gasteiger partial charge in [0.2, 0.25) is 0 Å². The van der Waals surface area contributed by atoms with Crippen LogP contribution in [0.2, 0.25) is 0 Å². The zero-order valence-electron chi connectivity index (χ0n) is 16.2. The van der Waals surface area contributed by atoms with Crippen LogP contribution in [-0.2, 0) is 6.42 Å². The molecule has 1 aliphatic heterocycles. The Hall–Kier alpha value is -3.97. The number of nitriles is 1. The van der Waals surface area contributed by atoms with Gasteiger partial charge >= 0.3 is 0 Å². The van der Waals surface area contributed by atoms with Gasteiger partial charge in [-0.05, 0) is 55.5 Å². The van der Waals surface area contributed by atoms with Gasteiger partial charge in [-0.25, -0.2) is 4.98 Å². The number of anilines is 2. The van der Waals surface area contributed by atoms with Crippen LogP contribution >= 0.6 is 0 Å². The molecule has 1 aromatic carbocycles. The summed E-state index contributed by atoms with van der Waals surface area (Å²) in [6, 6.07) is 12.0. The third-order valence-corrected chi connectivity index (χ3v) is 5.69. The van der Waals surface area contributed by atoms with E-state index in [2.05, 4.69) is 56.2 Å². The Morgan fingerprint density at radius 2 is 2.03 bits per heavy atom. The molecule has 0 bridgehead atoms. The smallest absolute Gasteiger partial charge is 0.257 e. The highest BCUT2D eigenvalue weighted by molar-refractivity contribution is 5.91. The van der Waals surface area contributed by atoms with Crippen molar-refractivity contribution in [1.29, 1.82) is 5.26 Å². The summed E-state index contributed by atoms with van der Waals surface area (Å²) >= 11 is 0. The summed E-state index contributed by atoms with van der Waals surface area (Å²) < 4.78 is 1.80. The van der Waals surface area contributed by atoms with Crippen LogP contribution in [0.1, 0.15) is 36.1 Å². The molecule has 0 amide bonds. The molecule has 7 heteroatoms. The van der Waals surface area contributed by atoms with Gasteiger partial charge in [0.15, 0.2) is 5.82 Å². The molecule has 0 spiro atoms. The van der Waals surface area contributed by atoms with Crippen LogP contribution in [0.3, 0.4) is 0 Å². The van der Waals surface area contributed by atoms with Gasteiger partial charge in [0.1, 0.15) is 23.6 Å². The molecule has 0 atom stereocenters. The molecule has 6 rings (SSSR count). The predicted molar refractivity (Wildman–Crippen MR) is 112 cm³/mol. The maximum absolute atomic E-state index is 9.38. The fourth-order valence-electron chi connectivity index (χ4n) is 4.05. The number of rotatable bonds is 1. The van der Waals surface area contributed by atoms with Gasteiger partial charge in [0.05, 0.1) is 5.52 Å². The maximum atomic E-state index is 9.38. The molecule has 1 aliphatic carbocycles. The van der Waals surface area contributed by atoms with E-state index in [4.69, 9.17) is 4.98 Å². The van der Waals surface area contributed by atoms with E-state index in [1.807, 2.05) is 6.07 Å². The molecule has 144 valence electrons. The van der Waals surface area contributed by atoms with Crippen LogP contribution in [0.15, 0.2) is 36.7 Å². The van der Waals surface area contributed by atoms with Crippen molar-refractivity contribution in [2.45, 2.75) is 25.7 Å². The van der Waals surface area contributed by atoms with Crippen LogP contribution in [0, 0.1) is 29.1 Å². The van der Waals surface area contributed by atoms with E-state index in [1.54, 1.807) is 16.8 Å². The maximum Gasteiger partial charge on any atom is 0.257 e.